The highest BCUT2D eigenvalue weighted by atomic mass is 79.9. The quantitative estimate of drug-likeness (QED) is 0.334. The summed E-state index contributed by atoms with van der Waals surface area (Å²) in [5.74, 6) is 1.26. The van der Waals surface area contributed by atoms with Crippen LogP contribution in [-0.2, 0) is 11.4 Å². The number of amides is 1. The van der Waals surface area contributed by atoms with E-state index in [1.54, 1.807) is 23.9 Å². The van der Waals surface area contributed by atoms with Crippen molar-refractivity contribution in [3.05, 3.63) is 91.8 Å². The molecule has 3 nitrogen and oxygen atoms in total. The molecule has 1 amide bonds. The molecule has 0 saturated carbocycles. The highest BCUT2D eigenvalue weighted by molar-refractivity contribution is 9.10. The van der Waals surface area contributed by atoms with Gasteiger partial charge in [0.2, 0.25) is 5.91 Å². The Morgan fingerprint density at radius 2 is 1.69 bits per heavy atom. The molecule has 0 aromatic heterocycles. The van der Waals surface area contributed by atoms with Crippen LogP contribution in [0.2, 0.25) is 5.02 Å². The van der Waals surface area contributed by atoms with Gasteiger partial charge in [0.05, 0.1) is 5.75 Å². The number of carbonyl (C=O) groups is 1. The maximum absolute atomic E-state index is 12.7. The molecule has 0 bridgehead atoms. The zero-order valence-electron chi connectivity index (χ0n) is 15.1. The lowest BCUT2D eigenvalue weighted by atomic mass is 10.1. The summed E-state index contributed by atoms with van der Waals surface area (Å²) in [5, 5.41) is 0.478. The molecule has 1 fully saturated rings. The van der Waals surface area contributed by atoms with Crippen LogP contribution < -0.4 is 9.64 Å². The van der Waals surface area contributed by atoms with Gasteiger partial charge in [-0.1, -0.05) is 55.6 Å². The van der Waals surface area contributed by atoms with Crippen molar-refractivity contribution in [2.24, 2.45) is 0 Å². The summed E-state index contributed by atoms with van der Waals surface area (Å²) < 4.78 is 8.14. The summed E-state index contributed by atoms with van der Waals surface area (Å²) in [5.41, 5.74) is 2.86. The summed E-state index contributed by atoms with van der Waals surface area (Å²) in [7, 11) is 0. The normalized spacial score (nSPS) is 16.3. The van der Waals surface area contributed by atoms with Crippen LogP contribution in [0.5, 0.6) is 5.75 Å². The van der Waals surface area contributed by atoms with E-state index in [2.05, 4.69) is 31.9 Å². The lowest BCUT2D eigenvalue weighted by Gasteiger charge is -2.26. The predicted octanol–water partition coefficient (Wildman–Crippen LogP) is 7.22. The molecule has 0 spiro atoms. The smallest absolute Gasteiger partial charge is 0.238 e. The predicted molar refractivity (Wildman–Crippen MR) is 127 cm³/mol. The van der Waals surface area contributed by atoms with Crippen LogP contribution in [0, 0.1) is 0 Å². The van der Waals surface area contributed by atoms with Crippen LogP contribution in [0.25, 0.3) is 0 Å². The van der Waals surface area contributed by atoms with E-state index in [0.717, 1.165) is 31.5 Å². The Balaban J connectivity index is 1.64. The van der Waals surface area contributed by atoms with Gasteiger partial charge in [-0.05, 0) is 60.2 Å². The molecule has 1 saturated heterocycles. The maximum atomic E-state index is 12.7. The van der Waals surface area contributed by atoms with Crippen LogP contribution >= 0.6 is 55.2 Å². The molecule has 7 heteroatoms. The van der Waals surface area contributed by atoms with E-state index >= 15 is 0 Å². The molecule has 0 radical (unpaired) electrons. The number of anilines is 1. The monoisotopic (exact) mass is 551 g/mol. The number of rotatable bonds is 5. The van der Waals surface area contributed by atoms with Gasteiger partial charge in [-0.25, -0.2) is 0 Å². The standard InChI is InChI=1S/C22H16Br2ClNO2S/c23-15-3-1-14(2-4-15)12-28-20-10-5-16(24)11-19(20)22-26(21(27)13-29-22)18-8-6-17(25)7-9-18/h1-11,22H,12-13H2/t22-/m0/s1. The van der Waals surface area contributed by atoms with Crippen LogP contribution in [0.3, 0.4) is 0 Å². The highest BCUT2D eigenvalue weighted by Gasteiger charge is 2.35. The van der Waals surface area contributed by atoms with Gasteiger partial charge in [0.15, 0.2) is 0 Å². The molecule has 1 aliphatic heterocycles. The van der Waals surface area contributed by atoms with Crippen molar-refractivity contribution in [3.8, 4) is 5.75 Å². The third-order valence-corrected chi connectivity index (χ3v) is 6.99. The first-order valence-electron chi connectivity index (χ1n) is 8.87. The Hall–Kier alpha value is -1.47. The zero-order valence-corrected chi connectivity index (χ0v) is 19.9. The molecule has 4 rings (SSSR count). The first-order chi connectivity index (χ1) is 14.0. The number of carbonyl (C=O) groups excluding carboxylic acids is 1. The van der Waals surface area contributed by atoms with E-state index in [4.69, 9.17) is 16.3 Å². The van der Waals surface area contributed by atoms with E-state index in [-0.39, 0.29) is 11.3 Å². The van der Waals surface area contributed by atoms with Crippen LogP contribution in [0.15, 0.2) is 75.7 Å². The Bertz CT molecular complexity index is 1030. The van der Waals surface area contributed by atoms with Crippen molar-refractivity contribution in [3.63, 3.8) is 0 Å². The molecule has 0 unspecified atom stereocenters. The lowest BCUT2D eigenvalue weighted by Crippen LogP contribution is -2.28. The molecule has 148 valence electrons. The van der Waals surface area contributed by atoms with Gasteiger partial charge in [0, 0.05) is 25.2 Å². The minimum absolute atomic E-state index is 0.0705. The first-order valence-corrected chi connectivity index (χ1v) is 11.9. The molecule has 29 heavy (non-hydrogen) atoms. The van der Waals surface area contributed by atoms with E-state index in [9.17, 15) is 4.79 Å². The Morgan fingerprint density at radius 1 is 1.00 bits per heavy atom. The van der Waals surface area contributed by atoms with Crippen LogP contribution in [0.1, 0.15) is 16.5 Å². The summed E-state index contributed by atoms with van der Waals surface area (Å²) in [6.45, 7) is 0.453. The van der Waals surface area contributed by atoms with Crippen molar-refractivity contribution in [2.45, 2.75) is 12.0 Å². The second-order valence-electron chi connectivity index (χ2n) is 6.50. The van der Waals surface area contributed by atoms with Crippen molar-refractivity contribution >= 4 is 66.8 Å². The SMILES string of the molecule is O=C1CS[C@@H](c2cc(Br)ccc2OCc2ccc(Br)cc2)N1c1ccc(Cl)cc1. The summed E-state index contributed by atoms with van der Waals surface area (Å²) in [6.07, 6.45) is 0. The van der Waals surface area contributed by atoms with Gasteiger partial charge >= 0.3 is 0 Å². The molecule has 0 N–H and O–H groups in total. The number of hydrogen-bond acceptors (Lipinski definition) is 3. The zero-order chi connectivity index (χ0) is 20.4. The Morgan fingerprint density at radius 3 is 2.41 bits per heavy atom. The highest BCUT2D eigenvalue weighted by Crippen LogP contribution is 2.45. The average molecular weight is 554 g/mol. The second-order valence-corrected chi connectivity index (χ2v) is 9.84. The molecule has 1 atom stereocenters. The third kappa shape index (κ3) is 4.82. The second kappa shape index (κ2) is 9.13. The number of hydrogen-bond donors (Lipinski definition) is 0. The fourth-order valence-corrected chi connectivity index (χ4v) is 5.08. The van der Waals surface area contributed by atoms with Gasteiger partial charge < -0.3 is 4.74 Å². The molecular formula is C22H16Br2ClNO2S. The molecular weight excluding hydrogens is 538 g/mol. The maximum Gasteiger partial charge on any atom is 0.238 e. The number of benzene rings is 3. The molecule has 3 aromatic carbocycles. The van der Waals surface area contributed by atoms with Gasteiger partial charge in [0.25, 0.3) is 0 Å². The van der Waals surface area contributed by atoms with E-state index in [1.165, 1.54) is 0 Å². The topological polar surface area (TPSA) is 29.5 Å². The number of thioether (sulfide) groups is 1. The van der Waals surface area contributed by atoms with Crippen molar-refractivity contribution < 1.29 is 9.53 Å². The lowest BCUT2D eigenvalue weighted by molar-refractivity contribution is -0.115. The number of halogens is 3. The minimum Gasteiger partial charge on any atom is -0.489 e. The largest absolute Gasteiger partial charge is 0.489 e. The van der Waals surface area contributed by atoms with Crippen LogP contribution in [-0.4, -0.2) is 11.7 Å². The fraction of sp³-hybridized carbons (Fsp3) is 0.136. The Labute approximate surface area is 195 Å². The van der Waals surface area contributed by atoms with Gasteiger partial charge in [-0.2, -0.15) is 0 Å². The molecule has 1 aliphatic rings. The van der Waals surface area contributed by atoms with Gasteiger partial charge in [0.1, 0.15) is 17.7 Å². The number of ether oxygens (including phenoxy) is 1. The fourth-order valence-electron chi connectivity index (χ4n) is 3.12. The van der Waals surface area contributed by atoms with E-state index in [1.807, 2.05) is 59.5 Å². The minimum atomic E-state index is -0.166. The summed E-state index contributed by atoms with van der Waals surface area (Å²) >= 11 is 14.6. The Kier molecular flexibility index (Phi) is 6.54. The van der Waals surface area contributed by atoms with Crippen LogP contribution in [0.4, 0.5) is 5.69 Å². The van der Waals surface area contributed by atoms with Gasteiger partial charge in [-0.15, -0.1) is 11.8 Å². The van der Waals surface area contributed by atoms with E-state index in [0.29, 0.717) is 17.4 Å². The van der Waals surface area contributed by atoms with Crippen molar-refractivity contribution in [2.75, 3.05) is 10.7 Å². The molecule has 3 aromatic rings. The third-order valence-electron chi connectivity index (χ3n) is 4.52. The average Bonchev–Trinajstić information content (AvgIpc) is 3.10. The van der Waals surface area contributed by atoms with Crippen molar-refractivity contribution in [1.29, 1.82) is 0 Å². The van der Waals surface area contributed by atoms with E-state index < -0.39 is 0 Å². The summed E-state index contributed by atoms with van der Waals surface area (Å²) in [4.78, 5) is 14.5. The first kappa shape index (κ1) is 20.8. The number of nitrogens with zero attached hydrogens (tertiary/aromatic N) is 1. The molecule has 0 aliphatic carbocycles. The molecule has 1 heterocycles. The summed E-state index contributed by atoms with van der Waals surface area (Å²) in [6, 6.07) is 21.3. The van der Waals surface area contributed by atoms with Gasteiger partial charge in [-0.3, -0.25) is 9.69 Å². The van der Waals surface area contributed by atoms with Crippen molar-refractivity contribution in [1.82, 2.24) is 0 Å².